The molecular weight excluding hydrogens is 274 g/mol. The second-order valence-corrected chi connectivity index (χ2v) is 6.19. The van der Waals surface area contributed by atoms with E-state index >= 15 is 0 Å². The summed E-state index contributed by atoms with van der Waals surface area (Å²) in [6, 6.07) is 0. The molecule has 9 heteroatoms. The zero-order valence-corrected chi connectivity index (χ0v) is 11.9. The van der Waals surface area contributed by atoms with Gasteiger partial charge in [0.15, 0.2) is 0 Å². The van der Waals surface area contributed by atoms with E-state index in [1.165, 1.54) is 18.5 Å². The van der Waals surface area contributed by atoms with Crippen LogP contribution in [0.4, 0.5) is 0 Å². The highest BCUT2D eigenvalue weighted by atomic mass is 32.2. The van der Waals surface area contributed by atoms with E-state index < -0.39 is 16.2 Å². The Morgan fingerprint density at radius 2 is 2.16 bits per heavy atom. The first-order valence-corrected chi connectivity index (χ1v) is 7.32. The Labute approximate surface area is 112 Å². The van der Waals surface area contributed by atoms with Crippen molar-refractivity contribution >= 4 is 22.1 Å². The summed E-state index contributed by atoms with van der Waals surface area (Å²) >= 11 is 0. The molecule has 1 N–H and O–H groups in total. The van der Waals surface area contributed by atoms with Crippen LogP contribution in [0, 0.1) is 0 Å². The van der Waals surface area contributed by atoms with E-state index in [1.54, 1.807) is 0 Å². The average Bonchev–Trinajstić information content (AvgIpc) is 2.60. The predicted octanol–water partition coefficient (Wildman–Crippen LogP) is -1.45. The van der Waals surface area contributed by atoms with E-state index in [4.69, 9.17) is 0 Å². The molecule has 0 radical (unpaired) electrons. The van der Waals surface area contributed by atoms with Gasteiger partial charge in [-0.3, -0.25) is 9.59 Å². The molecule has 0 aromatic carbocycles. The molecule has 1 heterocycles. The first kappa shape index (κ1) is 15.9. The Bertz CT molecular complexity index is 436. The van der Waals surface area contributed by atoms with Crippen molar-refractivity contribution in [2.24, 2.45) is 0 Å². The van der Waals surface area contributed by atoms with Crippen LogP contribution in [0.25, 0.3) is 0 Å². The molecule has 0 unspecified atom stereocenters. The Balaban J connectivity index is 2.62. The second kappa shape index (κ2) is 6.83. The molecule has 0 aromatic heterocycles. The standard InChI is InChI=1S/C10H19N3O5S/c1-12(6-4-10(15)18-2)19(16,17)13-7-3-9(14)11-5-8-13/h3-8H2,1-2H3,(H,11,14). The number of carbonyl (C=O) groups excluding carboxylic acids is 2. The Morgan fingerprint density at radius 1 is 1.47 bits per heavy atom. The minimum Gasteiger partial charge on any atom is -0.469 e. The van der Waals surface area contributed by atoms with Gasteiger partial charge < -0.3 is 10.1 Å². The van der Waals surface area contributed by atoms with Crippen LogP contribution in [-0.2, 0) is 24.5 Å². The highest BCUT2D eigenvalue weighted by Crippen LogP contribution is 2.09. The highest BCUT2D eigenvalue weighted by Gasteiger charge is 2.28. The number of hydrogen-bond acceptors (Lipinski definition) is 5. The molecule has 1 fully saturated rings. The van der Waals surface area contributed by atoms with Crippen LogP contribution in [0.2, 0.25) is 0 Å². The van der Waals surface area contributed by atoms with Crippen molar-refractivity contribution in [3.8, 4) is 0 Å². The van der Waals surface area contributed by atoms with Gasteiger partial charge in [0.05, 0.1) is 13.5 Å². The van der Waals surface area contributed by atoms with Gasteiger partial charge in [0.25, 0.3) is 10.2 Å². The number of carbonyl (C=O) groups is 2. The summed E-state index contributed by atoms with van der Waals surface area (Å²) in [6.45, 7) is 0.725. The summed E-state index contributed by atoms with van der Waals surface area (Å²) in [4.78, 5) is 22.2. The topological polar surface area (TPSA) is 96.0 Å². The first-order valence-electron chi connectivity index (χ1n) is 5.93. The van der Waals surface area contributed by atoms with Crippen molar-refractivity contribution in [1.29, 1.82) is 0 Å². The van der Waals surface area contributed by atoms with Gasteiger partial charge in [-0.15, -0.1) is 0 Å². The van der Waals surface area contributed by atoms with E-state index in [-0.39, 0.29) is 38.4 Å². The number of methoxy groups -OCH3 is 1. The van der Waals surface area contributed by atoms with Gasteiger partial charge in [0.1, 0.15) is 0 Å². The number of nitrogens with zero attached hydrogens (tertiary/aromatic N) is 2. The third-order valence-electron chi connectivity index (χ3n) is 2.85. The quantitative estimate of drug-likeness (QED) is 0.626. The van der Waals surface area contributed by atoms with Crippen LogP contribution in [0.5, 0.6) is 0 Å². The van der Waals surface area contributed by atoms with E-state index in [9.17, 15) is 18.0 Å². The molecule has 0 atom stereocenters. The molecule has 0 aliphatic carbocycles. The summed E-state index contributed by atoms with van der Waals surface area (Å²) in [6.07, 6.45) is 0.140. The summed E-state index contributed by atoms with van der Waals surface area (Å²) in [7, 11) is -0.992. The lowest BCUT2D eigenvalue weighted by Crippen LogP contribution is -2.44. The van der Waals surface area contributed by atoms with Gasteiger partial charge in [-0.1, -0.05) is 0 Å². The molecule has 1 aliphatic heterocycles. The predicted molar refractivity (Wildman–Crippen MR) is 67.4 cm³/mol. The van der Waals surface area contributed by atoms with E-state index in [0.29, 0.717) is 6.54 Å². The lowest BCUT2D eigenvalue weighted by molar-refractivity contribution is -0.140. The zero-order valence-electron chi connectivity index (χ0n) is 11.1. The van der Waals surface area contributed by atoms with Gasteiger partial charge in [-0.25, -0.2) is 0 Å². The molecule has 0 saturated carbocycles. The smallest absolute Gasteiger partial charge is 0.306 e. The maximum absolute atomic E-state index is 12.2. The molecule has 1 aliphatic rings. The molecule has 0 aromatic rings. The molecule has 0 bridgehead atoms. The fourth-order valence-corrected chi connectivity index (χ4v) is 3.00. The molecule has 0 spiro atoms. The summed E-state index contributed by atoms with van der Waals surface area (Å²) in [5.41, 5.74) is 0. The number of nitrogens with one attached hydrogen (secondary N) is 1. The molecule has 1 amide bonds. The van der Waals surface area contributed by atoms with Gasteiger partial charge in [0.2, 0.25) is 5.91 Å². The average molecular weight is 293 g/mol. The summed E-state index contributed by atoms with van der Waals surface area (Å²) < 4.78 is 31.2. The molecule has 1 saturated heterocycles. The van der Waals surface area contributed by atoms with Crippen molar-refractivity contribution in [2.45, 2.75) is 12.8 Å². The van der Waals surface area contributed by atoms with Crippen LogP contribution in [0.3, 0.4) is 0 Å². The molecule has 110 valence electrons. The van der Waals surface area contributed by atoms with Crippen LogP contribution >= 0.6 is 0 Å². The Morgan fingerprint density at radius 3 is 2.79 bits per heavy atom. The van der Waals surface area contributed by atoms with Gasteiger partial charge >= 0.3 is 5.97 Å². The van der Waals surface area contributed by atoms with E-state index in [2.05, 4.69) is 10.1 Å². The van der Waals surface area contributed by atoms with Gasteiger partial charge in [-0.05, 0) is 0 Å². The zero-order chi connectivity index (χ0) is 14.5. The third kappa shape index (κ3) is 4.44. The molecule has 1 rings (SSSR count). The van der Waals surface area contributed by atoms with Gasteiger partial charge in [-0.2, -0.15) is 17.0 Å². The number of amides is 1. The first-order chi connectivity index (χ1) is 8.87. The second-order valence-electron chi connectivity index (χ2n) is 4.15. The molecule has 8 nitrogen and oxygen atoms in total. The fraction of sp³-hybridized carbons (Fsp3) is 0.800. The largest absolute Gasteiger partial charge is 0.469 e. The van der Waals surface area contributed by atoms with E-state index in [1.807, 2.05) is 0 Å². The van der Waals surface area contributed by atoms with Crippen LogP contribution in [0.15, 0.2) is 0 Å². The third-order valence-corrected chi connectivity index (χ3v) is 4.84. The highest BCUT2D eigenvalue weighted by molar-refractivity contribution is 7.86. The van der Waals surface area contributed by atoms with Crippen LogP contribution in [-0.4, -0.2) is 69.2 Å². The SMILES string of the molecule is COC(=O)CCN(C)S(=O)(=O)N1CCNC(=O)CC1. The Kier molecular flexibility index (Phi) is 5.70. The molecular formula is C10H19N3O5S. The monoisotopic (exact) mass is 293 g/mol. The molecule has 19 heavy (non-hydrogen) atoms. The number of ether oxygens (including phenoxy) is 1. The van der Waals surface area contributed by atoms with Crippen molar-refractivity contribution in [3.63, 3.8) is 0 Å². The summed E-state index contributed by atoms with van der Waals surface area (Å²) in [5, 5.41) is 2.61. The maximum atomic E-state index is 12.2. The van der Waals surface area contributed by atoms with E-state index in [0.717, 1.165) is 4.31 Å². The normalized spacial score (nSPS) is 17.9. The minimum atomic E-state index is -3.65. The minimum absolute atomic E-state index is 0.00273. The lowest BCUT2D eigenvalue weighted by atomic mass is 10.4. The van der Waals surface area contributed by atoms with Crippen molar-refractivity contribution in [3.05, 3.63) is 0 Å². The number of hydrogen-bond donors (Lipinski definition) is 1. The van der Waals surface area contributed by atoms with Crippen LogP contribution < -0.4 is 5.32 Å². The van der Waals surface area contributed by atoms with Crippen LogP contribution in [0.1, 0.15) is 12.8 Å². The fourth-order valence-electron chi connectivity index (χ4n) is 1.64. The van der Waals surface area contributed by atoms with Crippen molar-refractivity contribution < 1.29 is 22.7 Å². The Hall–Kier alpha value is -1.19. The number of esters is 1. The maximum Gasteiger partial charge on any atom is 0.306 e. The number of rotatable bonds is 5. The van der Waals surface area contributed by atoms with Crippen molar-refractivity contribution in [2.75, 3.05) is 40.3 Å². The van der Waals surface area contributed by atoms with Crippen molar-refractivity contribution in [1.82, 2.24) is 13.9 Å². The van der Waals surface area contributed by atoms with Gasteiger partial charge in [0, 0.05) is 39.6 Å². The summed E-state index contributed by atoms with van der Waals surface area (Å²) in [5.74, 6) is -0.621. The lowest BCUT2D eigenvalue weighted by Gasteiger charge is -2.25.